The van der Waals surface area contributed by atoms with Crippen molar-refractivity contribution in [2.45, 2.75) is 53.0 Å². The van der Waals surface area contributed by atoms with E-state index in [4.69, 9.17) is 9.52 Å². The fourth-order valence-corrected chi connectivity index (χ4v) is 1.98. The maximum Gasteiger partial charge on any atom is 0.303 e. The smallest absolute Gasteiger partial charge is 0.303 e. The predicted octanol–water partition coefficient (Wildman–Crippen LogP) is 2.58. The molecule has 0 radical (unpaired) electrons. The van der Waals surface area contributed by atoms with Gasteiger partial charge < -0.3 is 14.8 Å². The standard InChI is InChI=1S/C14H21NO4/c1-8-9(2)19-10(3)12(8)13(18)15-14(4,5)7-6-11(16)17/h6-7H2,1-5H3,(H,15,18)(H,16,17). The van der Waals surface area contributed by atoms with Crippen molar-refractivity contribution in [3.8, 4) is 0 Å². The highest BCUT2D eigenvalue weighted by Crippen LogP contribution is 2.22. The third-order valence-electron chi connectivity index (χ3n) is 3.20. The van der Waals surface area contributed by atoms with Gasteiger partial charge in [-0.05, 0) is 41.0 Å². The number of nitrogens with one attached hydrogen (secondary N) is 1. The molecule has 0 spiro atoms. The zero-order chi connectivity index (χ0) is 14.8. The van der Waals surface area contributed by atoms with E-state index in [1.165, 1.54) is 0 Å². The van der Waals surface area contributed by atoms with Gasteiger partial charge >= 0.3 is 5.97 Å². The molecule has 0 saturated carbocycles. The number of amides is 1. The summed E-state index contributed by atoms with van der Waals surface area (Å²) < 4.78 is 5.42. The number of carbonyl (C=O) groups excluding carboxylic acids is 1. The Bertz CT molecular complexity index is 500. The van der Waals surface area contributed by atoms with Crippen LogP contribution in [0.25, 0.3) is 0 Å². The lowest BCUT2D eigenvalue weighted by Crippen LogP contribution is -2.44. The van der Waals surface area contributed by atoms with Gasteiger partial charge in [0, 0.05) is 17.5 Å². The molecule has 5 nitrogen and oxygen atoms in total. The van der Waals surface area contributed by atoms with Crippen LogP contribution in [0.1, 0.15) is 54.1 Å². The number of carboxylic acid groups (broad SMARTS) is 1. The summed E-state index contributed by atoms with van der Waals surface area (Å²) in [6, 6.07) is 0. The Balaban J connectivity index is 2.81. The van der Waals surface area contributed by atoms with Crippen molar-refractivity contribution in [2.75, 3.05) is 0 Å². The number of carbonyl (C=O) groups is 2. The van der Waals surface area contributed by atoms with Crippen molar-refractivity contribution >= 4 is 11.9 Å². The minimum Gasteiger partial charge on any atom is -0.481 e. The molecule has 19 heavy (non-hydrogen) atoms. The molecule has 0 aliphatic rings. The van der Waals surface area contributed by atoms with Crippen molar-refractivity contribution in [3.63, 3.8) is 0 Å². The molecular formula is C14H21NO4. The SMILES string of the molecule is Cc1oc(C)c(C(=O)NC(C)(C)CCC(=O)O)c1C. The second-order valence-corrected chi connectivity index (χ2v) is 5.45. The first-order valence-electron chi connectivity index (χ1n) is 6.25. The van der Waals surface area contributed by atoms with Crippen molar-refractivity contribution in [2.24, 2.45) is 0 Å². The van der Waals surface area contributed by atoms with Crippen molar-refractivity contribution in [3.05, 3.63) is 22.6 Å². The molecule has 1 aromatic rings. The molecule has 0 bridgehead atoms. The summed E-state index contributed by atoms with van der Waals surface area (Å²) in [6.07, 6.45) is 0.401. The van der Waals surface area contributed by atoms with Gasteiger partial charge in [-0.15, -0.1) is 0 Å². The summed E-state index contributed by atoms with van der Waals surface area (Å²) in [7, 11) is 0. The number of furan rings is 1. The maximum atomic E-state index is 12.2. The highest BCUT2D eigenvalue weighted by Gasteiger charge is 2.25. The van der Waals surface area contributed by atoms with E-state index in [1.807, 2.05) is 27.7 Å². The minimum atomic E-state index is -0.867. The topological polar surface area (TPSA) is 79.5 Å². The molecule has 1 amide bonds. The third kappa shape index (κ3) is 3.84. The first-order valence-corrected chi connectivity index (χ1v) is 6.25. The zero-order valence-corrected chi connectivity index (χ0v) is 12.1. The van der Waals surface area contributed by atoms with Gasteiger partial charge in [0.1, 0.15) is 11.5 Å². The monoisotopic (exact) mass is 267 g/mol. The first-order chi connectivity index (χ1) is 8.64. The van der Waals surface area contributed by atoms with Crippen molar-refractivity contribution in [1.82, 2.24) is 5.32 Å². The van der Waals surface area contributed by atoms with Gasteiger partial charge in [0.25, 0.3) is 5.91 Å². The number of hydrogen-bond acceptors (Lipinski definition) is 3. The Labute approximate surface area is 113 Å². The Kier molecular flexibility index (Phi) is 4.39. The van der Waals surface area contributed by atoms with Crippen LogP contribution in [0.15, 0.2) is 4.42 Å². The second kappa shape index (κ2) is 5.47. The van der Waals surface area contributed by atoms with Gasteiger partial charge in [-0.1, -0.05) is 0 Å². The number of aryl methyl sites for hydroxylation is 2. The lowest BCUT2D eigenvalue weighted by Gasteiger charge is -2.25. The molecule has 2 N–H and O–H groups in total. The molecule has 0 aliphatic heterocycles. The van der Waals surface area contributed by atoms with E-state index in [0.717, 1.165) is 11.3 Å². The maximum absolute atomic E-state index is 12.2. The Morgan fingerprint density at radius 2 is 1.79 bits per heavy atom. The summed E-state index contributed by atoms with van der Waals surface area (Å²) >= 11 is 0. The molecule has 0 aromatic carbocycles. The van der Waals surface area contributed by atoms with Gasteiger partial charge in [0.2, 0.25) is 0 Å². The van der Waals surface area contributed by atoms with Crippen LogP contribution >= 0.6 is 0 Å². The molecule has 106 valence electrons. The number of aliphatic carboxylic acids is 1. The molecule has 0 saturated heterocycles. The molecule has 5 heteroatoms. The highest BCUT2D eigenvalue weighted by atomic mass is 16.4. The van der Waals surface area contributed by atoms with Crippen LogP contribution in [0.4, 0.5) is 0 Å². The molecule has 0 aliphatic carbocycles. The van der Waals surface area contributed by atoms with Crippen LogP contribution in [0.5, 0.6) is 0 Å². The average molecular weight is 267 g/mol. The fraction of sp³-hybridized carbons (Fsp3) is 0.571. The lowest BCUT2D eigenvalue weighted by atomic mass is 9.97. The first kappa shape index (κ1) is 15.3. The molecule has 0 atom stereocenters. The van der Waals surface area contributed by atoms with Crippen molar-refractivity contribution < 1.29 is 19.1 Å². The van der Waals surface area contributed by atoms with E-state index in [2.05, 4.69) is 5.32 Å². The van der Waals surface area contributed by atoms with Gasteiger partial charge in [0.05, 0.1) is 5.56 Å². The lowest BCUT2D eigenvalue weighted by molar-refractivity contribution is -0.137. The zero-order valence-electron chi connectivity index (χ0n) is 12.1. The quantitative estimate of drug-likeness (QED) is 0.859. The number of rotatable bonds is 5. The van der Waals surface area contributed by atoms with Crippen LogP contribution in [0.3, 0.4) is 0 Å². The summed E-state index contributed by atoms with van der Waals surface area (Å²) in [5.74, 6) is 0.226. The number of carboxylic acids is 1. The van der Waals surface area contributed by atoms with Gasteiger partial charge in [-0.25, -0.2) is 0 Å². The second-order valence-electron chi connectivity index (χ2n) is 5.45. The Morgan fingerprint density at radius 3 is 2.21 bits per heavy atom. The minimum absolute atomic E-state index is 0.0235. The van der Waals surface area contributed by atoms with E-state index < -0.39 is 11.5 Å². The molecule has 0 fully saturated rings. The van der Waals surface area contributed by atoms with Crippen molar-refractivity contribution in [1.29, 1.82) is 0 Å². The molecule has 1 rings (SSSR count). The Hall–Kier alpha value is -1.78. The molecule has 0 unspecified atom stereocenters. The third-order valence-corrected chi connectivity index (χ3v) is 3.20. The largest absolute Gasteiger partial charge is 0.481 e. The predicted molar refractivity (Wildman–Crippen MR) is 71.3 cm³/mol. The van der Waals surface area contributed by atoms with Gasteiger partial charge in [0.15, 0.2) is 0 Å². The molecule has 1 aromatic heterocycles. The Morgan fingerprint density at radius 1 is 1.21 bits per heavy atom. The highest BCUT2D eigenvalue weighted by molar-refractivity contribution is 5.97. The average Bonchev–Trinajstić information content (AvgIpc) is 2.50. The van der Waals surface area contributed by atoms with Crippen LogP contribution in [0.2, 0.25) is 0 Å². The van der Waals surface area contributed by atoms with E-state index in [9.17, 15) is 9.59 Å². The van der Waals surface area contributed by atoms with Crippen LogP contribution in [-0.4, -0.2) is 22.5 Å². The normalized spacial score (nSPS) is 11.4. The summed E-state index contributed by atoms with van der Waals surface area (Å²) in [5, 5.41) is 11.6. The summed E-state index contributed by atoms with van der Waals surface area (Å²) in [5.41, 5.74) is 0.796. The number of hydrogen-bond donors (Lipinski definition) is 2. The summed E-state index contributed by atoms with van der Waals surface area (Å²) in [4.78, 5) is 22.8. The van der Waals surface area contributed by atoms with E-state index >= 15 is 0 Å². The van der Waals surface area contributed by atoms with E-state index in [0.29, 0.717) is 17.7 Å². The van der Waals surface area contributed by atoms with E-state index in [-0.39, 0.29) is 12.3 Å². The fourth-order valence-electron chi connectivity index (χ4n) is 1.98. The molecular weight excluding hydrogens is 246 g/mol. The van der Waals surface area contributed by atoms with Gasteiger partial charge in [-0.2, -0.15) is 0 Å². The van der Waals surface area contributed by atoms with Crippen LogP contribution in [0, 0.1) is 20.8 Å². The van der Waals surface area contributed by atoms with E-state index in [1.54, 1.807) is 6.92 Å². The van der Waals surface area contributed by atoms with Crippen LogP contribution in [-0.2, 0) is 4.79 Å². The molecule has 1 heterocycles. The van der Waals surface area contributed by atoms with Crippen LogP contribution < -0.4 is 5.32 Å². The van der Waals surface area contributed by atoms with Gasteiger partial charge in [-0.3, -0.25) is 9.59 Å². The summed E-state index contributed by atoms with van der Waals surface area (Å²) in [6.45, 7) is 9.02.